The van der Waals surface area contributed by atoms with E-state index in [1.165, 1.54) is 0 Å². The molecule has 3 N–H and O–H groups in total. The van der Waals surface area contributed by atoms with E-state index in [2.05, 4.69) is 15.2 Å². The van der Waals surface area contributed by atoms with Crippen LogP contribution in [-0.4, -0.2) is 55.2 Å². The van der Waals surface area contributed by atoms with Crippen LogP contribution in [0.4, 0.5) is 0 Å². The molecule has 6 nitrogen and oxygen atoms in total. The lowest BCUT2D eigenvalue weighted by Gasteiger charge is -2.26. The molecule has 0 aliphatic carbocycles. The highest BCUT2D eigenvalue weighted by Crippen LogP contribution is 2.23. The van der Waals surface area contributed by atoms with Gasteiger partial charge < -0.3 is 15.8 Å². The predicted molar refractivity (Wildman–Crippen MR) is 97.2 cm³/mol. The number of amides is 1. The Kier molecular flexibility index (Phi) is 6.11. The van der Waals surface area contributed by atoms with Crippen LogP contribution >= 0.6 is 0 Å². The minimum Gasteiger partial charge on any atom is -0.379 e. The van der Waals surface area contributed by atoms with Gasteiger partial charge in [0, 0.05) is 44.5 Å². The number of ether oxygens (including phenoxy) is 1. The minimum absolute atomic E-state index is 0.151. The fourth-order valence-electron chi connectivity index (χ4n) is 2.92. The Bertz CT molecular complexity index is 714. The molecule has 0 spiro atoms. The molecule has 1 fully saturated rings. The number of benzene rings is 1. The van der Waals surface area contributed by atoms with Crippen LogP contribution in [0.3, 0.4) is 0 Å². The Hall–Kier alpha value is -2.28. The summed E-state index contributed by atoms with van der Waals surface area (Å²) in [5.41, 5.74) is 8.97. The molecule has 0 atom stereocenters. The SMILES string of the molecule is NCc1cccc(-c2cccnc2C(=O)NCCN2CCOCC2)c1. The Labute approximate surface area is 148 Å². The minimum atomic E-state index is -0.151. The number of nitrogens with two attached hydrogens (primary N) is 1. The molecule has 0 unspecified atom stereocenters. The molecule has 3 rings (SSSR count). The largest absolute Gasteiger partial charge is 0.379 e. The second-order valence-corrected chi connectivity index (χ2v) is 6.01. The van der Waals surface area contributed by atoms with E-state index in [-0.39, 0.29) is 5.91 Å². The highest BCUT2D eigenvalue weighted by Gasteiger charge is 2.15. The summed E-state index contributed by atoms with van der Waals surface area (Å²) in [7, 11) is 0. The summed E-state index contributed by atoms with van der Waals surface area (Å²) in [5.74, 6) is -0.151. The first-order valence-electron chi connectivity index (χ1n) is 8.60. The maximum Gasteiger partial charge on any atom is 0.270 e. The van der Waals surface area contributed by atoms with Crippen LogP contribution in [0.25, 0.3) is 11.1 Å². The van der Waals surface area contributed by atoms with E-state index in [1.807, 2.05) is 36.4 Å². The molecular formula is C19H24N4O2. The van der Waals surface area contributed by atoms with Crippen molar-refractivity contribution in [1.82, 2.24) is 15.2 Å². The van der Waals surface area contributed by atoms with E-state index in [9.17, 15) is 4.79 Å². The molecule has 0 radical (unpaired) electrons. The molecule has 1 saturated heterocycles. The van der Waals surface area contributed by atoms with Crippen LogP contribution in [0.1, 0.15) is 16.1 Å². The van der Waals surface area contributed by atoms with Gasteiger partial charge in [0.15, 0.2) is 0 Å². The number of hydrogen-bond donors (Lipinski definition) is 2. The molecule has 1 aromatic carbocycles. The van der Waals surface area contributed by atoms with Crippen LogP contribution in [0, 0.1) is 0 Å². The number of nitrogens with one attached hydrogen (secondary N) is 1. The average Bonchev–Trinajstić information content (AvgIpc) is 2.69. The molecule has 0 bridgehead atoms. The molecule has 1 amide bonds. The highest BCUT2D eigenvalue weighted by atomic mass is 16.5. The van der Waals surface area contributed by atoms with Gasteiger partial charge in [0.1, 0.15) is 5.69 Å². The van der Waals surface area contributed by atoms with Gasteiger partial charge in [-0.2, -0.15) is 0 Å². The van der Waals surface area contributed by atoms with Gasteiger partial charge in [-0.3, -0.25) is 14.7 Å². The number of carbonyl (C=O) groups excluding carboxylic acids is 1. The molecule has 1 aliphatic rings. The fourth-order valence-corrected chi connectivity index (χ4v) is 2.92. The van der Waals surface area contributed by atoms with Crippen molar-refractivity contribution in [2.45, 2.75) is 6.54 Å². The quantitative estimate of drug-likeness (QED) is 0.828. The monoisotopic (exact) mass is 340 g/mol. The van der Waals surface area contributed by atoms with Crippen LogP contribution < -0.4 is 11.1 Å². The van der Waals surface area contributed by atoms with Gasteiger partial charge in [-0.25, -0.2) is 0 Å². The number of morpholine rings is 1. The number of aromatic nitrogens is 1. The first kappa shape index (κ1) is 17.5. The van der Waals surface area contributed by atoms with Crippen molar-refractivity contribution in [3.05, 3.63) is 53.9 Å². The third kappa shape index (κ3) is 4.63. The summed E-state index contributed by atoms with van der Waals surface area (Å²) in [6.07, 6.45) is 1.65. The highest BCUT2D eigenvalue weighted by molar-refractivity contribution is 5.98. The number of hydrogen-bond acceptors (Lipinski definition) is 5. The lowest BCUT2D eigenvalue weighted by atomic mass is 10.0. The first-order chi connectivity index (χ1) is 12.3. The van der Waals surface area contributed by atoms with E-state index >= 15 is 0 Å². The van der Waals surface area contributed by atoms with Crippen LogP contribution in [-0.2, 0) is 11.3 Å². The fraction of sp³-hybridized carbons (Fsp3) is 0.368. The molecule has 2 heterocycles. The molecule has 25 heavy (non-hydrogen) atoms. The predicted octanol–water partition coefficient (Wildman–Crippen LogP) is 1.27. The normalized spacial score (nSPS) is 15.1. The van der Waals surface area contributed by atoms with Crippen molar-refractivity contribution in [1.29, 1.82) is 0 Å². The Morgan fingerprint density at radius 3 is 2.88 bits per heavy atom. The van der Waals surface area contributed by atoms with E-state index in [0.717, 1.165) is 49.5 Å². The summed E-state index contributed by atoms with van der Waals surface area (Å²) in [6.45, 7) is 5.23. The topological polar surface area (TPSA) is 80.5 Å². The molecule has 0 saturated carbocycles. The number of rotatable bonds is 6. The van der Waals surface area contributed by atoms with Crippen LogP contribution in [0.5, 0.6) is 0 Å². The van der Waals surface area contributed by atoms with Gasteiger partial charge in [-0.05, 0) is 23.3 Å². The summed E-state index contributed by atoms with van der Waals surface area (Å²) in [5, 5.41) is 2.98. The maximum atomic E-state index is 12.6. The molecular weight excluding hydrogens is 316 g/mol. The second kappa shape index (κ2) is 8.71. The van der Waals surface area contributed by atoms with Crippen molar-refractivity contribution in [3.8, 4) is 11.1 Å². The molecule has 132 valence electrons. The average molecular weight is 340 g/mol. The van der Waals surface area contributed by atoms with E-state index < -0.39 is 0 Å². The number of pyridine rings is 1. The third-order valence-electron chi connectivity index (χ3n) is 4.31. The zero-order chi connectivity index (χ0) is 17.5. The molecule has 1 aromatic heterocycles. The van der Waals surface area contributed by atoms with Crippen molar-refractivity contribution in [2.24, 2.45) is 5.73 Å². The Balaban J connectivity index is 1.68. The van der Waals surface area contributed by atoms with E-state index in [4.69, 9.17) is 10.5 Å². The summed E-state index contributed by atoms with van der Waals surface area (Å²) >= 11 is 0. The summed E-state index contributed by atoms with van der Waals surface area (Å²) < 4.78 is 5.33. The number of nitrogens with zero attached hydrogens (tertiary/aromatic N) is 2. The summed E-state index contributed by atoms with van der Waals surface area (Å²) in [6, 6.07) is 11.7. The van der Waals surface area contributed by atoms with Crippen molar-refractivity contribution in [2.75, 3.05) is 39.4 Å². The zero-order valence-electron chi connectivity index (χ0n) is 14.3. The van der Waals surface area contributed by atoms with Crippen molar-refractivity contribution >= 4 is 5.91 Å². The number of carbonyl (C=O) groups is 1. The van der Waals surface area contributed by atoms with Gasteiger partial charge in [-0.15, -0.1) is 0 Å². The first-order valence-corrected chi connectivity index (χ1v) is 8.60. The Morgan fingerprint density at radius 1 is 1.24 bits per heavy atom. The summed E-state index contributed by atoms with van der Waals surface area (Å²) in [4.78, 5) is 19.2. The van der Waals surface area contributed by atoms with Gasteiger partial charge in [0.25, 0.3) is 5.91 Å². The van der Waals surface area contributed by atoms with Gasteiger partial charge in [0.05, 0.1) is 13.2 Å². The maximum absolute atomic E-state index is 12.6. The lowest BCUT2D eigenvalue weighted by molar-refractivity contribution is 0.0383. The third-order valence-corrected chi connectivity index (χ3v) is 4.31. The van der Waals surface area contributed by atoms with Crippen molar-refractivity contribution in [3.63, 3.8) is 0 Å². The van der Waals surface area contributed by atoms with Crippen LogP contribution in [0.2, 0.25) is 0 Å². The van der Waals surface area contributed by atoms with E-state index in [0.29, 0.717) is 18.8 Å². The van der Waals surface area contributed by atoms with Gasteiger partial charge in [-0.1, -0.05) is 24.3 Å². The zero-order valence-corrected chi connectivity index (χ0v) is 14.3. The van der Waals surface area contributed by atoms with Crippen LogP contribution in [0.15, 0.2) is 42.6 Å². The van der Waals surface area contributed by atoms with Gasteiger partial charge in [0.2, 0.25) is 0 Å². The smallest absolute Gasteiger partial charge is 0.270 e. The standard InChI is InChI=1S/C19H24N4O2/c20-14-15-3-1-4-16(13-15)17-5-2-6-21-18(17)19(24)22-7-8-23-9-11-25-12-10-23/h1-6,13H,7-12,14,20H2,(H,22,24). The molecule has 1 aliphatic heterocycles. The Morgan fingerprint density at radius 2 is 2.08 bits per heavy atom. The van der Waals surface area contributed by atoms with E-state index in [1.54, 1.807) is 6.20 Å². The molecule has 2 aromatic rings. The lowest BCUT2D eigenvalue weighted by Crippen LogP contribution is -2.41. The molecule has 6 heteroatoms. The second-order valence-electron chi connectivity index (χ2n) is 6.01. The van der Waals surface area contributed by atoms with Crippen molar-refractivity contribution < 1.29 is 9.53 Å². The van der Waals surface area contributed by atoms with Gasteiger partial charge >= 0.3 is 0 Å².